The van der Waals surface area contributed by atoms with Crippen LogP contribution >= 0.6 is 15.9 Å². The molecule has 0 bridgehead atoms. The summed E-state index contributed by atoms with van der Waals surface area (Å²) < 4.78 is 14.1. The number of hydrogen-bond acceptors (Lipinski definition) is 3. The van der Waals surface area contributed by atoms with Crippen LogP contribution in [0.25, 0.3) is 0 Å². The van der Waals surface area contributed by atoms with E-state index in [0.29, 0.717) is 10.9 Å². The number of aliphatic hydroxyl groups is 1. The van der Waals surface area contributed by atoms with Crippen LogP contribution in [0.5, 0.6) is 0 Å². The number of benzene rings is 1. The third kappa shape index (κ3) is 3.09. The number of hydrogen-bond donors (Lipinski definition) is 2. The summed E-state index contributed by atoms with van der Waals surface area (Å²) in [5, 5.41) is 12.5. The summed E-state index contributed by atoms with van der Waals surface area (Å²) in [4.78, 5) is 2.30. The Morgan fingerprint density at radius 3 is 2.78 bits per heavy atom. The van der Waals surface area contributed by atoms with Gasteiger partial charge in [-0.1, -0.05) is 12.1 Å². The Bertz CT molecular complexity index is 397. The van der Waals surface area contributed by atoms with E-state index in [-0.39, 0.29) is 18.5 Å². The second-order valence-electron chi connectivity index (χ2n) is 4.46. The second-order valence-corrected chi connectivity index (χ2v) is 5.25. The van der Waals surface area contributed by atoms with E-state index >= 15 is 0 Å². The molecule has 0 aliphatic carbocycles. The third-order valence-electron chi connectivity index (χ3n) is 3.34. The number of nitrogens with zero attached hydrogens (tertiary/aromatic N) is 1. The monoisotopic (exact) mass is 316 g/mol. The Morgan fingerprint density at radius 1 is 1.39 bits per heavy atom. The van der Waals surface area contributed by atoms with Gasteiger partial charge < -0.3 is 10.4 Å². The van der Waals surface area contributed by atoms with Crippen molar-refractivity contribution < 1.29 is 9.50 Å². The van der Waals surface area contributed by atoms with Crippen molar-refractivity contribution in [1.29, 1.82) is 0 Å². The predicted molar refractivity (Wildman–Crippen MR) is 73.0 cm³/mol. The van der Waals surface area contributed by atoms with Crippen molar-refractivity contribution >= 4 is 15.9 Å². The maximum absolute atomic E-state index is 13.6. The maximum Gasteiger partial charge on any atom is 0.137 e. The highest BCUT2D eigenvalue weighted by Gasteiger charge is 2.24. The molecule has 0 saturated carbocycles. The molecule has 100 valence electrons. The number of halogens is 2. The first-order chi connectivity index (χ1) is 8.74. The van der Waals surface area contributed by atoms with Gasteiger partial charge in [-0.2, -0.15) is 0 Å². The van der Waals surface area contributed by atoms with Gasteiger partial charge in [-0.05, 0) is 34.0 Å². The van der Waals surface area contributed by atoms with Crippen LogP contribution in [-0.4, -0.2) is 42.8 Å². The van der Waals surface area contributed by atoms with Crippen molar-refractivity contribution in [3.63, 3.8) is 0 Å². The molecule has 1 fully saturated rings. The third-order valence-corrected chi connectivity index (χ3v) is 4.17. The van der Waals surface area contributed by atoms with Crippen LogP contribution in [0.15, 0.2) is 22.7 Å². The van der Waals surface area contributed by atoms with E-state index in [0.717, 1.165) is 31.7 Å². The van der Waals surface area contributed by atoms with Crippen molar-refractivity contribution in [2.75, 3.05) is 32.8 Å². The summed E-state index contributed by atoms with van der Waals surface area (Å²) in [6, 6.07) is 5.17. The van der Waals surface area contributed by atoms with Crippen LogP contribution in [0.2, 0.25) is 0 Å². The minimum Gasteiger partial charge on any atom is -0.396 e. The van der Waals surface area contributed by atoms with Crippen LogP contribution in [0, 0.1) is 5.82 Å². The Balaban J connectivity index is 2.25. The molecular weight excluding hydrogens is 299 g/mol. The Kier molecular flexibility index (Phi) is 5.12. The summed E-state index contributed by atoms with van der Waals surface area (Å²) in [6.07, 6.45) is 0.627. The topological polar surface area (TPSA) is 35.5 Å². The molecule has 1 aromatic rings. The average molecular weight is 317 g/mol. The quantitative estimate of drug-likeness (QED) is 0.891. The fourth-order valence-electron chi connectivity index (χ4n) is 2.43. The van der Waals surface area contributed by atoms with Crippen molar-refractivity contribution in [1.82, 2.24) is 10.2 Å². The summed E-state index contributed by atoms with van der Waals surface area (Å²) in [5.41, 5.74) is 0.922. The van der Waals surface area contributed by atoms with E-state index in [4.69, 9.17) is 0 Å². The van der Waals surface area contributed by atoms with E-state index in [2.05, 4.69) is 26.1 Å². The normalized spacial score (nSPS) is 18.8. The van der Waals surface area contributed by atoms with E-state index in [1.54, 1.807) is 6.07 Å². The predicted octanol–water partition coefficient (Wildman–Crippen LogP) is 1.92. The number of rotatable bonds is 4. The molecule has 5 heteroatoms. The van der Waals surface area contributed by atoms with Crippen LogP contribution in [0.1, 0.15) is 18.0 Å². The van der Waals surface area contributed by atoms with Gasteiger partial charge in [0.25, 0.3) is 0 Å². The molecule has 0 spiro atoms. The van der Waals surface area contributed by atoms with E-state index in [1.165, 1.54) is 6.07 Å². The summed E-state index contributed by atoms with van der Waals surface area (Å²) in [6.45, 7) is 3.84. The molecule has 1 aromatic carbocycles. The first-order valence-electron chi connectivity index (χ1n) is 6.23. The first-order valence-corrected chi connectivity index (χ1v) is 7.03. The minimum atomic E-state index is -0.245. The molecule has 2 rings (SSSR count). The van der Waals surface area contributed by atoms with Gasteiger partial charge in [0.1, 0.15) is 5.82 Å². The van der Waals surface area contributed by atoms with Gasteiger partial charge in [-0.25, -0.2) is 4.39 Å². The van der Waals surface area contributed by atoms with Gasteiger partial charge in [0.05, 0.1) is 4.47 Å². The maximum atomic E-state index is 13.6. The molecule has 1 saturated heterocycles. The van der Waals surface area contributed by atoms with Gasteiger partial charge in [0.15, 0.2) is 0 Å². The van der Waals surface area contributed by atoms with Gasteiger partial charge in [-0.3, -0.25) is 4.90 Å². The molecule has 0 unspecified atom stereocenters. The number of piperazine rings is 1. The van der Waals surface area contributed by atoms with Crippen molar-refractivity contribution in [2.45, 2.75) is 12.5 Å². The molecule has 3 nitrogen and oxygen atoms in total. The molecule has 0 aromatic heterocycles. The standard InChI is InChI=1S/C13H18BrFN2O/c14-13-10(2-1-3-11(13)15)12(4-9-18)17-7-5-16-6-8-17/h1-3,12,16,18H,4-9H2/t12-/m1/s1. The van der Waals surface area contributed by atoms with Crippen LogP contribution < -0.4 is 5.32 Å². The van der Waals surface area contributed by atoms with Crippen LogP contribution in [0.3, 0.4) is 0 Å². The Hall–Kier alpha value is -0.490. The van der Waals surface area contributed by atoms with Crippen LogP contribution in [0.4, 0.5) is 4.39 Å². The second kappa shape index (κ2) is 6.61. The lowest BCUT2D eigenvalue weighted by molar-refractivity contribution is 0.140. The highest BCUT2D eigenvalue weighted by atomic mass is 79.9. The lowest BCUT2D eigenvalue weighted by Crippen LogP contribution is -2.45. The van der Waals surface area contributed by atoms with Gasteiger partial charge in [0.2, 0.25) is 0 Å². The van der Waals surface area contributed by atoms with Gasteiger partial charge in [0, 0.05) is 38.8 Å². The van der Waals surface area contributed by atoms with Crippen molar-refractivity contribution in [3.8, 4) is 0 Å². The zero-order valence-electron chi connectivity index (χ0n) is 10.2. The molecule has 18 heavy (non-hydrogen) atoms. The fourth-order valence-corrected chi connectivity index (χ4v) is 2.96. The molecule has 0 amide bonds. The van der Waals surface area contributed by atoms with E-state index in [9.17, 15) is 9.50 Å². The van der Waals surface area contributed by atoms with Crippen molar-refractivity contribution in [3.05, 3.63) is 34.1 Å². The SMILES string of the molecule is OCC[C@H](c1cccc(F)c1Br)N1CCNCC1. The summed E-state index contributed by atoms with van der Waals surface area (Å²) >= 11 is 3.32. The summed E-state index contributed by atoms with van der Waals surface area (Å²) in [7, 11) is 0. The van der Waals surface area contributed by atoms with Gasteiger partial charge in [-0.15, -0.1) is 0 Å². The Labute approximate surface area is 115 Å². The number of aliphatic hydroxyl groups excluding tert-OH is 1. The number of nitrogens with one attached hydrogen (secondary N) is 1. The molecule has 1 aliphatic heterocycles. The lowest BCUT2D eigenvalue weighted by atomic mass is 10.0. The van der Waals surface area contributed by atoms with Crippen LogP contribution in [-0.2, 0) is 0 Å². The first kappa shape index (κ1) is 13.9. The van der Waals surface area contributed by atoms with E-state index < -0.39 is 0 Å². The molecule has 1 atom stereocenters. The zero-order valence-corrected chi connectivity index (χ0v) is 11.8. The summed E-state index contributed by atoms with van der Waals surface area (Å²) in [5.74, 6) is -0.245. The highest BCUT2D eigenvalue weighted by molar-refractivity contribution is 9.10. The fraction of sp³-hybridized carbons (Fsp3) is 0.538. The highest BCUT2D eigenvalue weighted by Crippen LogP contribution is 2.32. The molecule has 2 N–H and O–H groups in total. The molecule has 0 radical (unpaired) electrons. The van der Waals surface area contributed by atoms with Crippen molar-refractivity contribution in [2.24, 2.45) is 0 Å². The molecule has 1 heterocycles. The largest absolute Gasteiger partial charge is 0.396 e. The average Bonchev–Trinajstić information content (AvgIpc) is 2.41. The lowest BCUT2D eigenvalue weighted by Gasteiger charge is -2.35. The molecule has 1 aliphatic rings. The smallest absolute Gasteiger partial charge is 0.137 e. The Morgan fingerprint density at radius 2 is 2.11 bits per heavy atom. The van der Waals surface area contributed by atoms with Gasteiger partial charge >= 0.3 is 0 Å². The molecular formula is C13H18BrFN2O. The zero-order chi connectivity index (χ0) is 13.0. The van der Waals surface area contributed by atoms with E-state index in [1.807, 2.05) is 6.07 Å². The minimum absolute atomic E-state index is 0.0715.